The van der Waals surface area contributed by atoms with Crippen molar-refractivity contribution >= 4 is 11.9 Å². The number of aliphatic carboxylic acids is 1. The lowest BCUT2D eigenvalue weighted by atomic mass is 10.1. The van der Waals surface area contributed by atoms with Crippen molar-refractivity contribution in [2.45, 2.75) is 25.7 Å². The number of hydrogen-bond donors (Lipinski definition) is 1. The monoisotopic (exact) mass is 356 g/mol. The smallest absolute Gasteiger partial charge is 0.334 e. The summed E-state index contributed by atoms with van der Waals surface area (Å²) in [6.45, 7) is 2.50. The first-order chi connectivity index (χ1) is 12.5. The minimum absolute atomic E-state index is 0.0186. The fourth-order valence-corrected chi connectivity index (χ4v) is 2.76. The number of rotatable bonds is 5. The fourth-order valence-electron chi connectivity index (χ4n) is 2.76. The molecule has 136 valence electrons. The Labute approximate surface area is 151 Å². The van der Waals surface area contributed by atoms with E-state index in [1.54, 1.807) is 19.1 Å². The zero-order chi connectivity index (χ0) is 18.5. The lowest BCUT2D eigenvalue weighted by molar-refractivity contribution is -0.160. The highest BCUT2D eigenvalue weighted by atomic mass is 16.5. The van der Waals surface area contributed by atoms with Crippen LogP contribution in [0.2, 0.25) is 0 Å². The Balaban J connectivity index is 1.62. The van der Waals surface area contributed by atoms with Gasteiger partial charge in [-0.25, -0.2) is 9.78 Å². The average molecular weight is 356 g/mol. The summed E-state index contributed by atoms with van der Waals surface area (Å²) >= 11 is 0. The van der Waals surface area contributed by atoms with Gasteiger partial charge < -0.3 is 19.5 Å². The molecular weight excluding hydrogens is 336 g/mol. The van der Waals surface area contributed by atoms with Gasteiger partial charge in [0.2, 0.25) is 5.88 Å². The first-order valence-corrected chi connectivity index (χ1v) is 8.33. The van der Waals surface area contributed by atoms with E-state index in [2.05, 4.69) is 4.98 Å². The number of benzene rings is 1. The van der Waals surface area contributed by atoms with Crippen LogP contribution in [0.4, 0.5) is 0 Å². The largest absolute Gasteiger partial charge is 0.479 e. The highest BCUT2D eigenvalue weighted by molar-refractivity contribution is 5.94. The highest BCUT2D eigenvalue weighted by Gasteiger charge is 2.33. The normalized spacial score (nSPS) is 19.8. The number of morpholine rings is 1. The zero-order valence-electron chi connectivity index (χ0n) is 14.4. The van der Waals surface area contributed by atoms with Crippen LogP contribution in [0.5, 0.6) is 5.88 Å². The van der Waals surface area contributed by atoms with Crippen LogP contribution in [-0.4, -0.2) is 52.2 Å². The van der Waals surface area contributed by atoms with Gasteiger partial charge in [-0.3, -0.25) is 4.79 Å². The van der Waals surface area contributed by atoms with Crippen molar-refractivity contribution in [1.82, 2.24) is 9.88 Å². The second kappa shape index (κ2) is 7.97. The molecule has 0 saturated carbocycles. The summed E-state index contributed by atoms with van der Waals surface area (Å²) in [5.41, 5.74) is 1.41. The molecule has 1 fully saturated rings. The molecule has 2 atom stereocenters. The van der Waals surface area contributed by atoms with Gasteiger partial charge in [-0.15, -0.1) is 0 Å². The van der Waals surface area contributed by atoms with Crippen LogP contribution in [0, 0.1) is 0 Å². The van der Waals surface area contributed by atoms with Crippen LogP contribution in [0.3, 0.4) is 0 Å². The highest BCUT2D eigenvalue weighted by Crippen LogP contribution is 2.16. The molecule has 1 aliphatic rings. The molecule has 7 nitrogen and oxygen atoms in total. The zero-order valence-corrected chi connectivity index (χ0v) is 14.4. The molecule has 1 N–H and O–H groups in total. The summed E-state index contributed by atoms with van der Waals surface area (Å²) in [6, 6.07) is 13.0. The Morgan fingerprint density at radius 3 is 2.65 bits per heavy atom. The van der Waals surface area contributed by atoms with Gasteiger partial charge >= 0.3 is 5.97 Å². The third kappa shape index (κ3) is 4.37. The van der Waals surface area contributed by atoms with Crippen LogP contribution >= 0.6 is 0 Å². The number of carboxylic acids is 1. The fraction of sp³-hybridized carbons (Fsp3) is 0.316. The van der Waals surface area contributed by atoms with Crippen molar-refractivity contribution in [3.63, 3.8) is 0 Å². The minimum atomic E-state index is -1.07. The first kappa shape index (κ1) is 17.9. The van der Waals surface area contributed by atoms with Crippen molar-refractivity contribution in [1.29, 1.82) is 0 Å². The van der Waals surface area contributed by atoms with Gasteiger partial charge in [0.05, 0.1) is 18.2 Å². The van der Waals surface area contributed by atoms with Gasteiger partial charge in [-0.2, -0.15) is 0 Å². The number of nitrogens with zero attached hydrogens (tertiary/aromatic N) is 2. The van der Waals surface area contributed by atoms with E-state index in [-0.39, 0.29) is 18.6 Å². The Hall–Kier alpha value is -2.93. The molecule has 1 amide bonds. The van der Waals surface area contributed by atoms with Crippen molar-refractivity contribution < 1.29 is 24.2 Å². The van der Waals surface area contributed by atoms with Crippen LogP contribution in [0.1, 0.15) is 22.8 Å². The van der Waals surface area contributed by atoms with Crippen molar-refractivity contribution in [2.75, 3.05) is 13.1 Å². The van der Waals surface area contributed by atoms with Gasteiger partial charge in [0, 0.05) is 18.8 Å². The Morgan fingerprint density at radius 2 is 2.00 bits per heavy atom. The first-order valence-electron chi connectivity index (χ1n) is 8.33. The lowest BCUT2D eigenvalue weighted by Crippen LogP contribution is -2.51. The molecule has 1 aliphatic heterocycles. The SMILES string of the molecule is C[C@@H]1CN(C(=O)c2ccc(OCc3ccccc3)nc2)CC(C(=O)O)O1. The predicted molar refractivity (Wildman–Crippen MR) is 92.9 cm³/mol. The Kier molecular flexibility index (Phi) is 5.48. The van der Waals surface area contributed by atoms with Crippen LogP contribution in [0.25, 0.3) is 0 Å². The molecule has 1 saturated heterocycles. The lowest BCUT2D eigenvalue weighted by Gasteiger charge is -2.34. The maximum Gasteiger partial charge on any atom is 0.334 e. The van der Waals surface area contributed by atoms with E-state index in [4.69, 9.17) is 14.6 Å². The van der Waals surface area contributed by atoms with Crippen molar-refractivity contribution in [3.05, 3.63) is 59.8 Å². The topological polar surface area (TPSA) is 89.0 Å². The summed E-state index contributed by atoms with van der Waals surface area (Å²) < 4.78 is 10.9. The molecule has 1 aromatic heterocycles. The number of ether oxygens (including phenoxy) is 2. The Bertz CT molecular complexity index is 763. The number of hydrogen-bond acceptors (Lipinski definition) is 5. The van der Waals surface area contributed by atoms with E-state index in [1.165, 1.54) is 11.1 Å². The van der Waals surface area contributed by atoms with E-state index < -0.39 is 12.1 Å². The van der Waals surface area contributed by atoms with Crippen molar-refractivity contribution in [2.24, 2.45) is 0 Å². The maximum absolute atomic E-state index is 12.6. The molecule has 3 rings (SSSR count). The van der Waals surface area contributed by atoms with E-state index >= 15 is 0 Å². The van der Waals surface area contributed by atoms with E-state index in [9.17, 15) is 9.59 Å². The summed E-state index contributed by atoms with van der Waals surface area (Å²) in [6.07, 6.45) is 0.0952. The predicted octanol–water partition coefficient (Wildman–Crippen LogP) is 1.97. The van der Waals surface area contributed by atoms with Crippen LogP contribution in [0.15, 0.2) is 48.7 Å². The van der Waals surface area contributed by atoms with Crippen LogP contribution in [-0.2, 0) is 16.1 Å². The number of amides is 1. The molecule has 26 heavy (non-hydrogen) atoms. The molecule has 7 heteroatoms. The average Bonchev–Trinajstić information content (AvgIpc) is 2.66. The van der Waals surface area contributed by atoms with Gasteiger partial charge in [0.1, 0.15) is 6.61 Å². The summed E-state index contributed by atoms with van der Waals surface area (Å²) in [7, 11) is 0. The molecule has 2 heterocycles. The van der Waals surface area contributed by atoms with E-state index in [1.807, 2.05) is 30.3 Å². The minimum Gasteiger partial charge on any atom is -0.479 e. The third-order valence-electron chi connectivity index (χ3n) is 4.04. The van der Waals surface area contributed by atoms with Crippen LogP contribution < -0.4 is 4.74 Å². The van der Waals surface area contributed by atoms with Gasteiger partial charge in [0.15, 0.2) is 6.10 Å². The molecule has 1 unspecified atom stereocenters. The standard InChI is InChI=1S/C19H20N2O5/c1-13-10-21(11-16(26-13)19(23)24)18(22)15-7-8-17(20-9-15)25-12-14-5-3-2-4-6-14/h2-9,13,16H,10-12H2,1H3,(H,23,24)/t13-,16?/m1/s1. The summed E-state index contributed by atoms with van der Waals surface area (Å²) in [4.78, 5) is 29.4. The molecule has 0 spiro atoms. The Morgan fingerprint density at radius 1 is 1.23 bits per heavy atom. The number of aromatic nitrogens is 1. The number of carboxylic acid groups (broad SMARTS) is 1. The molecule has 0 bridgehead atoms. The summed E-state index contributed by atoms with van der Waals surface area (Å²) in [5, 5.41) is 9.12. The summed E-state index contributed by atoms with van der Waals surface area (Å²) in [5.74, 6) is -0.921. The quantitative estimate of drug-likeness (QED) is 0.881. The van der Waals surface area contributed by atoms with E-state index in [0.717, 1.165) is 5.56 Å². The van der Waals surface area contributed by atoms with Crippen molar-refractivity contribution in [3.8, 4) is 5.88 Å². The number of carbonyl (C=O) groups is 2. The number of pyridine rings is 1. The molecule has 1 aromatic carbocycles. The third-order valence-corrected chi connectivity index (χ3v) is 4.04. The molecule has 0 aliphatic carbocycles. The maximum atomic E-state index is 12.6. The number of carbonyl (C=O) groups excluding carboxylic acids is 1. The molecule has 0 radical (unpaired) electrons. The van der Waals surface area contributed by atoms with Gasteiger partial charge in [-0.1, -0.05) is 30.3 Å². The van der Waals surface area contributed by atoms with E-state index in [0.29, 0.717) is 24.6 Å². The molecule has 2 aromatic rings. The second-order valence-electron chi connectivity index (χ2n) is 6.14. The van der Waals surface area contributed by atoms with Gasteiger partial charge in [0.25, 0.3) is 5.91 Å². The second-order valence-corrected chi connectivity index (χ2v) is 6.14. The van der Waals surface area contributed by atoms with Gasteiger partial charge in [-0.05, 0) is 18.6 Å². The molecular formula is C19H20N2O5.